The molecule has 1 N–H and O–H groups in total. The molecule has 0 atom stereocenters. The Morgan fingerprint density at radius 3 is 2.29 bits per heavy atom. The molecule has 0 bridgehead atoms. The molecular weight excluding hydrogens is 232 g/mol. The number of halogens is 1. The van der Waals surface area contributed by atoms with Crippen LogP contribution in [0.2, 0.25) is 0 Å². The van der Waals surface area contributed by atoms with Gasteiger partial charge < -0.3 is 9.98 Å². The molecule has 2 rings (SSSR count). The van der Waals surface area contributed by atoms with E-state index in [4.69, 9.17) is 5.41 Å². The van der Waals surface area contributed by atoms with E-state index in [0.29, 0.717) is 5.36 Å². The van der Waals surface area contributed by atoms with Crippen molar-refractivity contribution in [2.75, 3.05) is 0 Å². The first-order chi connectivity index (χ1) is 7.84. The van der Waals surface area contributed by atoms with Crippen LogP contribution in [-0.2, 0) is 6.54 Å². The molecule has 0 aliphatic heterocycles. The summed E-state index contributed by atoms with van der Waals surface area (Å²) in [5.74, 6) is 0. The van der Waals surface area contributed by atoms with Crippen LogP contribution in [0.1, 0.15) is 5.56 Å². The zero-order valence-electron chi connectivity index (χ0n) is 9.41. The third-order valence-electron chi connectivity index (χ3n) is 2.32. The van der Waals surface area contributed by atoms with E-state index in [0.717, 1.165) is 6.54 Å². The van der Waals surface area contributed by atoms with Gasteiger partial charge >= 0.3 is 0 Å². The quantitative estimate of drug-likeness (QED) is 0.862. The highest BCUT2D eigenvalue weighted by atomic mass is 35.5. The summed E-state index contributed by atoms with van der Waals surface area (Å²) in [5.41, 5.74) is 1.21. The number of allylic oxidation sites excluding steroid dienone is 1. The fourth-order valence-corrected chi connectivity index (χ4v) is 1.45. The third-order valence-corrected chi connectivity index (χ3v) is 2.32. The number of rotatable bonds is 3. The molecule has 0 aliphatic carbocycles. The standard InChI is InChI=1S/C14H14N2.ClH/c15-14-8-11-16(12-9-14)10-4-7-13-5-2-1-3-6-13;/h1-9,11-12,15H,10H2;1H/b7-4+;. The van der Waals surface area contributed by atoms with Crippen LogP contribution in [-0.4, -0.2) is 4.57 Å². The highest BCUT2D eigenvalue weighted by Gasteiger charge is 1.85. The van der Waals surface area contributed by atoms with Crippen molar-refractivity contribution in [1.82, 2.24) is 4.57 Å². The van der Waals surface area contributed by atoms with Gasteiger partial charge in [0.1, 0.15) is 0 Å². The van der Waals surface area contributed by atoms with Crippen molar-refractivity contribution in [3.63, 3.8) is 0 Å². The van der Waals surface area contributed by atoms with Crippen LogP contribution in [0.4, 0.5) is 0 Å². The summed E-state index contributed by atoms with van der Waals surface area (Å²) in [6, 6.07) is 13.8. The largest absolute Gasteiger partial charge is 0.350 e. The Hall–Kier alpha value is -1.80. The first-order valence-electron chi connectivity index (χ1n) is 5.27. The zero-order valence-corrected chi connectivity index (χ0v) is 10.2. The molecule has 3 heteroatoms. The van der Waals surface area contributed by atoms with E-state index in [9.17, 15) is 0 Å². The minimum Gasteiger partial charge on any atom is -0.350 e. The molecule has 0 unspecified atom stereocenters. The average Bonchev–Trinajstić information content (AvgIpc) is 2.33. The van der Waals surface area contributed by atoms with E-state index in [1.165, 1.54) is 5.56 Å². The molecule has 17 heavy (non-hydrogen) atoms. The third kappa shape index (κ3) is 4.29. The molecule has 1 heterocycles. The number of nitrogens with zero attached hydrogens (tertiary/aromatic N) is 1. The van der Waals surface area contributed by atoms with Gasteiger partial charge in [-0.2, -0.15) is 0 Å². The minimum absolute atomic E-state index is 0. The molecule has 0 radical (unpaired) electrons. The Morgan fingerprint density at radius 2 is 1.65 bits per heavy atom. The van der Waals surface area contributed by atoms with Crippen molar-refractivity contribution in [3.8, 4) is 0 Å². The Morgan fingerprint density at radius 1 is 1.00 bits per heavy atom. The Labute approximate surface area is 107 Å². The summed E-state index contributed by atoms with van der Waals surface area (Å²) in [4.78, 5) is 0. The predicted octanol–water partition coefficient (Wildman–Crippen LogP) is 3.10. The lowest BCUT2D eigenvalue weighted by molar-refractivity contribution is 0.810. The lowest BCUT2D eigenvalue weighted by Crippen LogP contribution is -2.02. The van der Waals surface area contributed by atoms with Gasteiger partial charge in [0, 0.05) is 18.9 Å². The van der Waals surface area contributed by atoms with Crippen LogP contribution in [0.3, 0.4) is 0 Å². The van der Waals surface area contributed by atoms with Crippen LogP contribution >= 0.6 is 12.4 Å². The Kier molecular flexibility index (Phi) is 5.24. The number of nitrogens with one attached hydrogen (secondary N) is 1. The van der Waals surface area contributed by atoms with Crippen LogP contribution in [0.5, 0.6) is 0 Å². The summed E-state index contributed by atoms with van der Waals surface area (Å²) in [5, 5.41) is 7.92. The average molecular weight is 247 g/mol. The van der Waals surface area contributed by atoms with Gasteiger partial charge in [0.2, 0.25) is 0 Å². The second kappa shape index (κ2) is 6.71. The fourth-order valence-electron chi connectivity index (χ4n) is 1.45. The van der Waals surface area contributed by atoms with Crippen LogP contribution in [0.15, 0.2) is 60.9 Å². The molecule has 0 aliphatic rings. The second-order valence-corrected chi connectivity index (χ2v) is 3.60. The van der Waals surface area contributed by atoms with Gasteiger partial charge in [-0.25, -0.2) is 0 Å². The summed E-state index contributed by atoms with van der Waals surface area (Å²) in [6.45, 7) is 0.829. The zero-order chi connectivity index (χ0) is 11.2. The van der Waals surface area contributed by atoms with E-state index in [2.05, 4.69) is 24.3 Å². The smallest absolute Gasteiger partial charge is 0.0568 e. The molecule has 0 saturated carbocycles. The van der Waals surface area contributed by atoms with Crippen molar-refractivity contribution >= 4 is 18.5 Å². The molecule has 1 aromatic carbocycles. The number of pyridine rings is 1. The molecular formula is C14H15ClN2. The molecule has 0 spiro atoms. The Bertz CT molecular complexity index is 509. The highest BCUT2D eigenvalue weighted by Crippen LogP contribution is 2.01. The SMILES string of the molecule is Cl.N=c1ccn(C/C=C/c2ccccc2)cc1. The molecule has 0 saturated heterocycles. The molecule has 2 nitrogen and oxygen atoms in total. The number of hydrogen-bond acceptors (Lipinski definition) is 1. The second-order valence-electron chi connectivity index (χ2n) is 3.60. The summed E-state index contributed by atoms with van der Waals surface area (Å²) < 4.78 is 2.04. The normalized spacial score (nSPS) is 10.1. The maximum absolute atomic E-state index is 7.37. The maximum Gasteiger partial charge on any atom is 0.0568 e. The van der Waals surface area contributed by atoms with Gasteiger partial charge in [-0.05, 0) is 17.7 Å². The lowest BCUT2D eigenvalue weighted by atomic mass is 10.2. The van der Waals surface area contributed by atoms with Crippen molar-refractivity contribution in [1.29, 1.82) is 5.41 Å². The fraction of sp³-hybridized carbons (Fsp3) is 0.0714. The van der Waals surface area contributed by atoms with Gasteiger partial charge in [-0.3, -0.25) is 0 Å². The van der Waals surface area contributed by atoms with E-state index in [-0.39, 0.29) is 12.4 Å². The van der Waals surface area contributed by atoms with Crippen LogP contribution in [0, 0.1) is 5.41 Å². The van der Waals surface area contributed by atoms with Gasteiger partial charge in [0.15, 0.2) is 0 Å². The summed E-state index contributed by atoms with van der Waals surface area (Å²) >= 11 is 0. The first kappa shape index (κ1) is 13.3. The molecule has 0 fully saturated rings. The minimum atomic E-state index is 0. The Balaban J connectivity index is 0.00000144. The predicted molar refractivity (Wildman–Crippen MR) is 73.0 cm³/mol. The molecule has 2 aromatic rings. The van der Waals surface area contributed by atoms with E-state index >= 15 is 0 Å². The lowest BCUT2D eigenvalue weighted by Gasteiger charge is -2.00. The van der Waals surface area contributed by atoms with Gasteiger partial charge in [-0.1, -0.05) is 42.5 Å². The highest BCUT2D eigenvalue weighted by molar-refractivity contribution is 5.85. The van der Waals surface area contributed by atoms with Crippen molar-refractivity contribution in [2.24, 2.45) is 0 Å². The van der Waals surface area contributed by atoms with Crippen molar-refractivity contribution in [3.05, 3.63) is 71.9 Å². The van der Waals surface area contributed by atoms with Crippen molar-refractivity contribution in [2.45, 2.75) is 6.54 Å². The van der Waals surface area contributed by atoms with Crippen LogP contribution in [0.25, 0.3) is 6.08 Å². The number of benzene rings is 1. The summed E-state index contributed by atoms with van der Waals surface area (Å²) in [7, 11) is 0. The van der Waals surface area contributed by atoms with Gasteiger partial charge in [0.25, 0.3) is 0 Å². The van der Waals surface area contributed by atoms with Crippen molar-refractivity contribution < 1.29 is 0 Å². The van der Waals surface area contributed by atoms with E-state index in [1.54, 1.807) is 12.1 Å². The monoisotopic (exact) mass is 246 g/mol. The molecule has 88 valence electrons. The van der Waals surface area contributed by atoms with Gasteiger partial charge in [0.05, 0.1) is 5.36 Å². The topological polar surface area (TPSA) is 28.8 Å². The summed E-state index contributed by atoms with van der Waals surface area (Å²) in [6.07, 6.45) is 8.04. The first-order valence-corrected chi connectivity index (χ1v) is 5.27. The number of aromatic nitrogens is 1. The maximum atomic E-state index is 7.37. The van der Waals surface area contributed by atoms with Gasteiger partial charge in [-0.15, -0.1) is 12.4 Å². The molecule has 0 amide bonds. The van der Waals surface area contributed by atoms with E-state index < -0.39 is 0 Å². The number of hydrogen-bond donors (Lipinski definition) is 1. The van der Waals surface area contributed by atoms with E-state index in [1.807, 2.05) is 35.2 Å². The molecule has 1 aromatic heterocycles. The van der Waals surface area contributed by atoms with Crippen LogP contribution < -0.4 is 5.36 Å².